The number of benzene rings is 4. The molecule has 0 aromatic heterocycles. The fourth-order valence-electron chi connectivity index (χ4n) is 7.94. The molecule has 1 aliphatic carbocycles. The summed E-state index contributed by atoms with van der Waals surface area (Å²) in [5.74, 6) is 3.96. The van der Waals surface area contributed by atoms with Gasteiger partial charge in [-0.3, -0.25) is 0 Å². The van der Waals surface area contributed by atoms with Crippen LogP contribution in [0.5, 0.6) is 23.0 Å². The van der Waals surface area contributed by atoms with E-state index in [1.165, 1.54) is 66.8 Å². The molecular formula is C48H60O4. The molecule has 4 aromatic carbocycles. The number of ether oxygens (including phenoxy) is 4. The Morgan fingerprint density at radius 2 is 0.442 bits per heavy atom. The fraction of sp³-hybridized carbons (Fsp3) is 0.500. The van der Waals surface area contributed by atoms with Crippen LogP contribution in [0.15, 0.2) is 48.5 Å². The highest BCUT2D eigenvalue weighted by Crippen LogP contribution is 2.45. The van der Waals surface area contributed by atoms with Gasteiger partial charge in [-0.2, -0.15) is 0 Å². The number of rotatable bonds is 0. The topological polar surface area (TPSA) is 36.9 Å². The zero-order valence-electron chi connectivity index (χ0n) is 33.9. The van der Waals surface area contributed by atoms with Crippen LogP contribution < -0.4 is 18.9 Å². The Kier molecular flexibility index (Phi) is 9.03. The maximum Gasteiger partial charge on any atom is 0.126 e. The number of hydrogen-bond acceptors (Lipinski definition) is 4. The van der Waals surface area contributed by atoms with Crippen molar-refractivity contribution in [1.82, 2.24) is 0 Å². The molecule has 0 saturated heterocycles. The van der Waals surface area contributed by atoms with Crippen LogP contribution in [0.25, 0.3) is 0 Å². The molecule has 0 atom stereocenters. The molecule has 4 aromatic rings. The van der Waals surface area contributed by atoms with E-state index in [4.69, 9.17) is 18.9 Å². The molecule has 0 unspecified atom stereocenters. The quantitative estimate of drug-likeness (QED) is 0.161. The minimum absolute atomic E-state index is 0.0431. The second kappa shape index (κ2) is 12.9. The fourth-order valence-corrected chi connectivity index (χ4v) is 7.94. The average Bonchev–Trinajstić information content (AvgIpc) is 3.17. The van der Waals surface area contributed by atoms with Crippen LogP contribution in [0, 0.1) is 0 Å². The molecule has 0 saturated carbocycles. The molecule has 7 rings (SSSR count). The molecule has 0 amide bonds. The van der Waals surface area contributed by atoms with Gasteiger partial charge in [0, 0.05) is 25.7 Å². The first-order chi connectivity index (χ1) is 24.3. The molecule has 0 spiro atoms. The first kappa shape index (κ1) is 36.4. The maximum atomic E-state index is 6.81. The molecule has 2 heterocycles. The van der Waals surface area contributed by atoms with Gasteiger partial charge in [0.2, 0.25) is 0 Å². The smallest absolute Gasteiger partial charge is 0.126 e. The lowest BCUT2D eigenvalue weighted by molar-refractivity contribution is 0.213. The highest BCUT2D eigenvalue weighted by atomic mass is 16.5. The standard InChI is InChI=1S/C48H60O4/c1-45(2,3)37-21-29-17-30-22-38(46(4,5)6)27-35-20-36-28-40(48(10,11)12)24-32-18-31-23-39(47(7,8)9)26-34(43(31)51-15-16-52-44(32)36)19-33(25-37)41(29)49-13-14-50-42(30)35/h21-28H,13-20H2,1-12H3. The molecular weight excluding hydrogens is 641 g/mol. The van der Waals surface area contributed by atoms with Gasteiger partial charge in [0.15, 0.2) is 0 Å². The SMILES string of the molecule is CC(C)(C)c1cc2c3c(c1)Cc1cc(C(C)(C)C)cc4c1OCCOc1c(cc(C(C)(C)C)cc1Cc1cc(C(C)(C)C)cc(c1OCCO3)C2)C4. The van der Waals surface area contributed by atoms with Crippen LogP contribution >= 0.6 is 0 Å². The van der Waals surface area contributed by atoms with Gasteiger partial charge in [0.25, 0.3) is 0 Å². The second-order valence-electron chi connectivity index (χ2n) is 19.6. The highest BCUT2D eigenvalue weighted by molar-refractivity contribution is 5.60. The van der Waals surface area contributed by atoms with Crippen LogP contribution in [0.3, 0.4) is 0 Å². The van der Waals surface area contributed by atoms with E-state index >= 15 is 0 Å². The van der Waals surface area contributed by atoms with E-state index in [0.29, 0.717) is 39.3 Å². The first-order valence-electron chi connectivity index (χ1n) is 19.4. The Balaban J connectivity index is 1.61. The summed E-state index contributed by atoms with van der Waals surface area (Å²) in [6.45, 7) is 29.7. The van der Waals surface area contributed by atoms with Crippen molar-refractivity contribution in [2.45, 2.75) is 130 Å². The van der Waals surface area contributed by atoms with Crippen LogP contribution in [0.1, 0.15) is 150 Å². The zero-order chi connectivity index (χ0) is 37.4. The van der Waals surface area contributed by atoms with Crippen LogP contribution in [0.2, 0.25) is 0 Å². The summed E-state index contributed by atoms with van der Waals surface area (Å²) in [4.78, 5) is 0. The van der Waals surface area contributed by atoms with Gasteiger partial charge in [-0.15, -0.1) is 0 Å². The summed E-state index contributed by atoms with van der Waals surface area (Å²) < 4.78 is 27.2. The Morgan fingerprint density at radius 3 is 0.577 bits per heavy atom. The van der Waals surface area contributed by atoms with E-state index in [2.05, 4.69) is 132 Å². The molecule has 0 fully saturated rings. The first-order valence-corrected chi connectivity index (χ1v) is 19.4. The van der Waals surface area contributed by atoms with Crippen molar-refractivity contribution < 1.29 is 18.9 Å². The van der Waals surface area contributed by atoms with Crippen molar-refractivity contribution in [3.05, 3.63) is 115 Å². The molecule has 4 heteroatoms. The third-order valence-electron chi connectivity index (χ3n) is 11.1. The van der Waals surface area contributed by atoms with E-state index in [-0.39, 0.29) is 21.7 Å². The summed E-state index contributed by atoms with van der Waals surface area (Å²) >= 11 is 0. The van der Waals surface area contributed by atoms with Crippen molar-refractivity contribution in [2.75, 3.05) is 26.4 Å². The second-order valence-corrected chi connectivity index (χ2v) is 19.6. The average molecular weight is 701 g/mol. The van der Waals surface area contributed by atoms with E-state index in [1.54, 1.807) is 0 Å². The van der Waals surface area contributed by atoms with Gasteiger partial charge in [0.1, 0.15) is 49.4 Å². The van der Waals surface area contributed by atoms with Crippen LogP contribution in [0.4, 0.5) is 0 Å². The Hall–Kier alpha value is -3.92. The summed E-state index contributed by atoms with van der Waals surface area (Å²) in [5, 5.41) is 0. The Labute approximate surface area is 313 Å². The highest BCUT2D eigenvalue weighted by Gasteiger charge is 2.30. The van der Waals surface area contributed by atoms with E-state index in [0.717, 1.165) is 35.8 Å². The number of hydrogen-bond donors (Lipinski definition) is 0. The predicted molar refractivity (Wildman–Crippen MR) is 214 cm³/mol. The third-order valence-corrected chi connectivity index (χ3v) is 11.1. The molecule has 52 heavy (non-hydrogen) atoms. The van der Waals surface area contributed by atoms with Crippen LogP contribution in [-0.2, 0) is 47.3 Å². The molecule has 4 nitrogen and oxygen atoms in total. The van der Waals surface area contributed by atoms with Gasteiger partial charge < -0.3 is 18.9 Å². The van der Waals surface area contributed by atoms with Crippen LogP contribution in [-0.4, -0.2) is 26.4 Å². The van der Waals surface area contributed by atoms with E-state index in [1.807, 2.05) is 0 Å². The molecule has 2 aliphatic heterocycles. The normalized spacial score (nSPS) is 16.1. The lowest BCUT2D eigenvalue weighted by Crippen LogP contribution is -2.17. The van der Waals surface area contributed by atoms with E-state index in [9.17, 15) is 0 Å². The molecule has 0 radical (unpaired) electrons. The lowest BCUT2D eigenvalue weighted by Gasteiger charge is -2.28. The van der Waals surface area contributed by atoms with Gasteiger partial charge >= 0.3 is 0 Å². The van der Waals surface area contributed by atoms with Crippen molar-refractivity contribution in [3.8, 4) is 23.0 Å². The Bertz CT molecular complexity index is 1730. The minimum Gasteiger partial charge on any atom is -0.489 e. The van der Waals surface area contributed by atoms with E-state index < -0.39 is 0 Å². The molecule has 12 bridgehead atoms. The summed E-state index contributed by atoms with van der Waals surface area (Å²) in [5.41, 5.74) is 14.8. The van der Waals surface area contributed by atoms with Crippen molar-refractivity contribution in [1.29, 1.82) is 0 Å². The summed E-state index contributed by atoms with van der Waals surface area (Å²) in [6.07, 6.45) is 2.87. The maximum absolute atomic E-state index is 6.81. The Morgan fingerprint density at radius 1 is 0.288 bits per heavy atom. The van der Waals surface area contributed by atoms with Crippen molar-refractivity contribution in [2.24, 2.45) is 0 Å². The molecule has 276 valence electrons. The van der Waals surface area contributed by atoms with Gasteiger partial charge in [0.05, 0.1) is 0 Å². The third kappa shape index (κ3) is 7.20. The predicted octanol–water partition coefficient (Wildman–Crippen LogP) is 11.1. The zero-order valence-corrected chi connectivity index (χ0v) is 33.9. The molecule has 3 aliphatic rings. The lowest BCUT2D eigenvalue weighted by atomic mass is 9.79. The summed E-state index contributed by atoms with van der Waals surface area (Å²) in [6, 6.07) is 19.2. The van der Waals surface area contributed by atoms with Gasteiger partial charge in [-0.1, -0.05) is 132 Å². The molecule has 0 N–H and O–H groups in total. The summed E-state index contributed by atoms with van der Waals surface area (Å²) in [7, 11) is 0. The van der Waals surface area contributed by atoms with Crippen molar-refractivity contribution >= 4 is 0 Å². The largest absolute Gasteiger partial charge is 0.489 e. The minimum atomic E-state index is -0.0431. The van der Waals surface area contributed by atoms with Crippen molar-refractivity contribution in [3.63, 3.8) is 0 Å². The monoisotopic (exact) mass is 700 g/mol. The van der Waals surface area contributed by atoms with Gasteiger partial charge in [-0.05, 0) is 88.4 Å². The van der Waals surface area contributed by atoms with Gasteiger partial charge in [-0.25, -0.2) is 0 Å².